The van der Waals surface area contributed by atoms with E-state index in [0.29, 0.717) is 16.7 Å². The number of nitrogens with one attached hydrogen (secondary N) is 1. The first kappa shape index (κ1) is 17.8. The van der Waals surface area contributed by atoms with Crippen LogP contribution in [0.15, 0.2) is 29.4 Å². The molecule has 122 valence electrons. The molecule has 4 nitrogen and oxygen atoms in total. The molecule has 0 aliphatic rings. The van der Waals surface area contributed by atoms with Gasteiger partial charge >= 0.3 is 0 Å². The summed E-state index contributed by atoms with van der Waals surface area (Å²) in [7, 11) is 0. The summed E-state index contributed by atoms with van der Waals surface area (Å²) in [6.07, 6.45) is 0. The van der Waals surface area contributed by atoms with E-state index in [1.807, 2.05) is 52.0 Å². The van der Waals surface area contributed by atoms with Crippen LogP contribution >= 0.6 is 23.4 Å². The van der Waals surface area contributed by atoms with Gasteiger partial charge in [0, 0.05) is 23.0 Å². The molecule has 0 unspecified atom stereocenters. The van der Waals surface area contributed by atoms with Crippen LogP contribution in [0.2, 0.25) is 5.02 Å². The van der Waals surface area contributed by atoms with Crippen molar-refractivity contribution >= 4 is 29.3 Å². The molecule has 1 N–H and O–H groups in total. The van der Waals surface area contributed by atoms with Gasteiger partial charge in [0.05, 0.1) is 5.25 Å². The summed E-state index contributed by atoms with van der Waals surface area (Å²) >= 11 is 7.45. The van der Waals surface area contributed by atoms with Crippen LogP contribution in [0.4, 0.5) is 0 Å². The monoisotopic (exact) mass is 349 g/mol. The average Bonchev–Trinajstić information content (AvgIpc) is 2.51. The molecule has 1 heterocycles. The van der Waals surface area contributed by atoms with Crippen molar-refractivity contribution in [1.82, 2.24) is 15.3 Å². The van der Waals surface area contributed by atoms with Gasteiger partial charge < -0.3 is 5.32 Å². The number of hydrogen-bond acceptors (Lipinski definition) is 4. The average molecular weight is 350 g/mol. The quantitative estimate of drug-likeness (QED) is 0.658. The summed E-state index contributed by atoms with van der Waals surface area (Å²) in [6.45, 7) is 8.17. The number of benzene rings is 1. The largest absolute Gasteiger partial charge is 0.351 e. The van der Waals surface area contributed by atoms with E-state index in [1.54, 1.807) is 0 Å². The molecule has 0 aliphatic carbocycles. The van der Waals surface area contributed by atoms with Crippen LogP contribution in [0.5, 0.6) is 0 Å². The van der Waals surface area contributed by atoms with Gasteiger partial charge in [-0.2, -0.15) is 0 Å². The van der Waals surface area contributed by atoms with Gasteiger partial charge in [-0.3, -0.25) is 4.79 Å². The van der Waals surface area contributed by atoms with Crippen molar-refractivity contribution in [2.24, 2.45) is 0 Å². The maximum atomic E-state index is 12.2. The smallest absolute Gasteiger partial charge is 0.233 e. The van der Waals surface area contributed by atoms with Crippen molar-refractivity contribution in [2.75, 3.05) is 0 Å². The lowest BCUT2D eigenvalue weighted by Crippen LogP contribution is -2.30. The number of amides is 1. The molecular weight excluding hydrogens is 330 g/mol. The molecule has 1 aromatic carbocycles. The number of carbonyl (C=O) groups excluding carboxylic acids is 1. The lowest BCUT2D eigenvalue weighted by atomic mass is 10.2. The van der Waals surface area contributed by atoms with Crippen LogP contribution in [0.3, 0.4) is 0 Å². The normalized spacial score (nSPS) is 12.0. The Hall–Kier alpha value is -1.59. The van der Waals surface area contributed by atoms with Crippen molar-refractivity contribution in [3.63, 3.8) is 0 Å². The van der Waals surface area contributed by atoms with Gasteiger partial charge in [-0.1, -0.05) is 41.6 Å². The van der Waals surface area contributed by atoms with Gasteiger partial charge in [0.2, 0.25) is 5.91 Å². The Labute approximate surface area is 146 Å². The second-order valence-electron chi connectivity index (χ2n) is 5.37. The minimum atomic E-state index is -0.279. The third-order valence-electron chi connectivity index (χ3n) is 3.67. The van der Waals surface area contributed by atoms with E-state index in [0.717, 1.165) is 22.5 Å². The molecular formula is C17H20ClN3OS. The number of aromatic nitrogens is 2. The first-order valence-electron chi connectivity index (χ1n) is 7.38. The van der Waals surface area contributed by atoms with E-state index >= 15 is 0 Å². The Morgan fingerprint density at radius 3 is 2.43 bits per heavy atom. The van der Waals surface area contributed by atoms with Crippen LogP contribution in [-0.2, 0) is 11.3 Å². The number of aryl methyl sites for hydroxylation is 2. The van der Waals surface area contributed by atoms with Gasteiger partial charge in [-0.05, 0) is 44.9 Å². The van der Waals surface area contributed by atoms with E-state index in [2.05, 4.69) is 15.3 Å². The summed E-state index contributed by atoms with van der Waals surface area (Å²) in [5.41, 5.74) is 3.88. The zero-order valence-corrected chi connectivity index (χ0v) is 15.3. The topological polar surface area (TPSA) is 54.9 Å². The SMILES string of the molecule is Cc1nc(S[C@H](C)C(=O)NCc2ccccc2Cl)nc(C)c1C. The van der Waals surface area contributed by atoms with Crippen molar-refractivity contribution in [1.29, 1.82) is 0 Å². The minimum absolute atomic E-state index is 0.0607. The maximum Gasteiger partial charge on any atom is 0.233 e. The Balaban J connectivity index is 1.96. The Morgan fingerprint density at radius 1 is 1.22 bits per heavy atom. The molecule has 0 bridgehead atoms. The molecule has 0 saturated heterocycles. The summed E-state index contributed by atoms with van der Waals surface area (Å²) in [5, 5.41) is 3.91. The molecule has 23 heavy (non-hydrogen) atoms. The van der Waals surface area contributed by atoms with Gasteiger partial charge in [-0.15, -0.1) is 0 Å². The maximum absolute atomic E-state index is 12.2. The lowest BCUT2D eigenvalue weighted by molar-refractivity contribution is -0.120. The fraction of sp³-hybridized carbons (Fsp3) is 0.353. The molecule has 0 fully saturated rings. The predicted octanol–water partition coefficient (Wildman–Crippen LogP) is 3.85. The zero-order valence-electron chi connectivity index (χ0n) is 13.7. The van der Waals surface area contributed by atoms with E-state index < -0.39 is 0 Å². The van der Waals surface area contributed by atoms with Gasteiger partial charge in [0.1, 0.15) is 0 Å². The summed E-state index contributed by atoms with van der Waals surface area (Å²) in [6, 6.07) is 7.48. The number of halogens is 1. The first-order valence-corrected chi connectivity index (χ1v) is 8.64. The van der Waals surface area contributed by atoms with Crippen LogP contribution in [0.25, 0.3) is 0 Å². The number of thioether (sulfide) groups is 1. The summed E-state index contributed by atoms with van der Waals surface area (Å²) in [4.78, 5) is 21.1. The molecule has 1 atom stereocenters. The molecule has 1 aromatic heterocycles. The molecule has 2 rings (SSSR count). The zero-order chi connectivity index (χ0) is 17.0. The number of hydrogen-bond donors (Lipinski definition) is 1. The second-order valence-corrected chi connectivity index (χ2v) is 7.09. The minimum Gasteiger partial charge on any atom is -0.351 e. The number of nitrogens with zero attached hydrogens (tertiary/aromatic N) is 2. The lowest BCUT2D eigenvalue weighted by Gasteiger charge is -2.13. The van der Waals surface area contributed by atoms with Crippen molar-refractivity contribution in [3.8, 4) is 0 Å². The molecule has 0 saturated carbocycles. The number of rotatable bonds is 5. The second kappa shape index (κ2) is 7.79. The summed E-state index contributed by atoms with van der Waals surface area (Å²) < 4.78 is 0. The van der Waals surface area contributed by atoms with E-state index in [1.165, 1.54) is 11.8 Å². The molecule has 1 amide bonds. The highest BCUT2D eigenvalue weighted by molar-refractivity contribution is 8.00. The van der Waals surface area contributed by atoms with Crippen LogP contribution in [0.1, 0.15) is 29.4 Å². The molecule has 0 spiro atoms. The van der Waals surface area contributed by atoms with Crippen molar-refractivity contribution in [3.05, 3.63) is 51.8 Å². The van der Waals surface area contributed by atoms with Crippen LogP contribution < -0.4 is 5.32 Å². The Kier molecular flexibility index (Phi) is 6.02. The van der Waals surface area contributed by atoms with Crippen LogP contribution in [0, 0.1) is 20.8 Å². The van der Waals surface area contributed by atoms with E-state index in [-0.39, 0.29) is 11.2 Å². The van der Waals surface area contributed by atoms with E-state index in [9.17, 15) is 4.79 Å². The highest BCUT2D eigenvalue weighted by Gasteiger charge is 2.17. The fourth-order valence-corrected chi connectivity index (χ4v) is 3.06. The standard InChI is InChI=1S/C17H20ClN3OS/c1-10-11(2)20-17(21-12(10)3)23-13(4)16(22)19-9-14-7-5-6-8-15(14)18/h5-8,13H,9H2,1-4H3,(H,19,22)/t13-/m1/s1. The highest BCUT2D eigenvalue weighted by Crippen LogP contribution is 2.22. The molecule has 0 radical (unpaired) electrons. The number of carbonyl (C=O) groups is 1. The Bertz CT molecular complexity index is 698. The van der Waals surface area contributed by atoms with Crippen LogP contribution in [-0.4, -0.2) is 21.1 Å². The molecule has 2 aromatic rings. The van der Waals surface area contributed by atoms with E-state index in [4.69, 9.17) is 11.6 Å². The van der Waals surface area contributed by atoms with Crippen molar-refractivity contribution < 1.29 is 4.79 Å². The molecule has 0 aliphatic heterocycles. The predicted molar refractivity (Wildman–Crippen MR) is 94.9 cm³/mol. The molecule has 6 heteroatoms. The third-order valence-corrected chi connectivity index (χ3v) is 5.00. The van der Waals surface area contributed by atoms with Crippen molar-refractivity contribution in [2.45, 2.75) is 44.6 Å². The third kappa shape index (κ3) is 4.69. The summed E-state index contributed by atoms with van der Waals surface area (Å²) in [5.74, 6) is -0.0607. The highest BCUT2D eigenvalue weighted by atomic mass is 35.5. The van der Waals surface area contributed by atoms with Gasteiger partial charge in [0.25, 0.3) is 0 Å². The first-order chi connectivity index (χ1) is 10.9. The van der Waals surface area contributed by atoms with Gasteiger partial charge in [-0.25, -0.2) is 9.97 Å². The Morgan fingerprint density at radius 2 is 1.83 bits per heavy atom. The van der Waals surface area contributed by atoms with Gasteiger partial charge in [0.15, 0.2) is 5.16 Å². The fourth-order valence-electron chi connectivity index (χ4n) is 1.97.